The molecule has 2 fully saturated rings. The second-order valence-electron chi connectivity index (χ2n) is 8.74. The van der Waals surface area contributed by atoms with Gasteiger partial charge >= 0.3 is 6.09 Å². The first-order valence-electron chi connectivity index (χ1n) is 11.0. The SMILES string of the molecule is CC(=O)NCC1CN(c2ccc(N3CCN(C(NC(=O)C(Cl)(Cl)Cl)C(Cl)(Cl)Cl)[C@@](C)(F)C3)cc2)C(=O)O1. The third-order valence-electron chi connectivity index (χ3n) is 5.82. The molecule has 3 rings (SSSR count). The summed E-state index contributed by atoms with van der Waals surface area (Å²) in [5.74, 6) is -3.35. The first-order valence-corrected chi connectivity index (χ1v) is 13.2. The van der Waals surface area contributed by atoms with E-state index in [2.05, 4.69) is 10.6 Å². The zero-order valence-electron chi connectivity index (χ0n) is 19.6. The van der Waals surface area contributed by atoms with Crippen LogP contribution in [-0.2, 0) is 14.3 Å². The van der Waals surface area contributed by atoms with Crippen molar-refractivity contribution in [2.24, 2.45) is 0 Å². The zero-order chi connectivity index (χ0) is 27.8. The number of halogens is 7. The van der Waals surface area contributed by atoms with Crippen LogP contribution >= 0.6 is 69.6 Å². The van der Waals surface area contributed by atoms with Gasteiger partial charge in [0.25, 0.3) is 9.70 Å². The Kier molecular flexibility index (Phi) is 9.48. The fraction of sp³-hybridized carbons (Fsp3) is 0.571. The molecule has 0 spiro atoms. The predicted octanol–water partition coefficient (Wildman–Crippen LogP) is 4.14. The predicted molar refractivity (Wildman–Crippen MR) is 144 cm³/mol. The van der Waals surface area contributed by atoms with E-state index >= 15 is 4.39 Å². The highest BCUT2D eigenvalue weighted by molar-refractivity contribution is 6.76. The topological polar surface area (TPSA) is 94.2 Å². The molecule has 0 aromatic heterocycles. The number of hydrogen-bond acceptors (Lipinski definition) is 6. The molecule has 16 heteroatoms. The van der Waals surface area contributed by atoms with Crippen LogP contribution in [0.1, 0.15) is 13.8 Å². The van der Waals surface area contributed by atoms with Crippen LogP contribution in [-0.4, -0.2) is 81.2 Å². The molecule has 2 saturated heterocycles. The molecule has 0 bridgehead atoms. The maximum absolute atomic E-state index is 15.9. The molecule has 2 aliphatic rings. The summed E-state index contributed by atoms with van der Waals surface area (Å²) in [6.07, 6.45) is -2.42. The van der Waals surface area contributed by atoms with Crippen LogP contribution in [0.5, 0.6) is 0 Å². The number of carbonyl (C=O) groups excluding carboxylic acids is 3. The van der Waals surface area contributed by atoms with Gasteiger partial charge in [0.1, 0.15) is 12.3 Å². The molecule has 206 valence electrons. The summed E-state index contributed by atoms with van der Waals surface area (Å²) in [5, 5.41) is 4.92. The quantitative estimate of drug-likeness (QED) is 0.358. The fourth-order valence-corrected chi connectivity index (χ4v) is 4.76. The largest absolute Gasteiger partial charge is 0.442 e. The zero-order valence-corrected chi connectivity index (χ0v) is 24.2. The van der Waals surface area contributed by atoms with E-state index in [1.54, 1.807) is 29.2 Å². The Hall–Kier alpha value is -1.14. The molecule has 3 atom stereocenters. The highest BCUT2D eigenvalue weighted by Gasteiger charge is 2.50. The second-order valence-corrected chi connectivity index (χ2v) is 13.4. The Labute approximate surface area is 243 Å². The number of carbonyl (C=O) groups is 3. The van der Waals surface area contributed by atoms with Crippen molar-refractivity contribution in [2.45, 2.75) is 39.5 Å². The van der Waals surface area contributed by atoms with Crippen LogP contribution < -0.4 is 20.4 Å². The lowest BCUT2D eigenvalue weighted by molar-refractivity contribution is -0.126. The van der Waals surface area contributed by atoms with Gasteiger partial charge in [0, 0.05) is 31.4 Å². The summed E-state index contributed by atoms with van der Waals surface area (Å²) in [5.41, 5.74) is 1.27. The average molecular weight is 642 g/mol. The summed E-state index contributed by atoms with van der Waals surface area (Å²) in [7, 11) is 0. The standard InChI is InChI=1S/C21H24Cl6FN5O4/c1-12(34)29-9-15-10-32(18(36)37-15)14-5-3-13(4-6-14)31-7-8-33(19(2,28)11-31)16(20(22,23)24)30-17(35)21(25,26)27/h3-6,15-16H,7-11H2,1-2H3,(H,29,34)(H,30,35)/t15?,16?,19-/m1/s1. The van der Waals surface area contributed by atoms with Crippen LogP contribution in [0.3, 0.4) is 0 Å². The van der Waals surface area contributed by atoms with Crippen LogP contribution in [0.4, 0.5) is 20.6 Å². The number of hydrogen-bond donors (Lipinski definition) is 2. The molecule has 1 aromatic carbocycles. The lowest BCUT2D eigenvalue weighted by atomic mass is 10.1. The Morgan fingerprint density at radius 1 is 1.14 bits per heavy atom. The molecular formula is C21H24Cl6FN5O4. The second kappa shape index (κ2) is 11.5. The fourth-order valence-electron chi connectivity index (χ4n) is 4.08. The molecule has 2 N–H and O–H groups in total. The molecule has 1 aromatic rings. The molecule has 9 nitrogen and oxygen atoms in total. The van der Waals surface area contributed by atoms with Gasteiger partial charge in [-0.3, -0.25) is 14.5 Å². The normalized spacial score (nSPS) is 24.0. The van der Waals surface area contributed by atoms with Crippen LogP contribution in [0, 0.1) is 0 Å². The first kappa shape index (κ1) is 30.4. The lowest BCUT2D eigenvalue weighted by Gasteiger charge is -2.49. The Bertz CT molecular complexity index is 1020. The molecule has 0 radical (unpaired) electrons. The third-order valence-corrected chi connectivity index (χ3v) is 6.95. The molecule has 2 unspecified atom stereocenters. The number of anilines is 2. The van der Waals surface area contributed by atoms with Crippen LogP contribution in [0.2, 0.25) is 0 Å². The number of ether oxygens (including phenoxy) is 1. The van der Waals surface area contributed by atoms with Gasteiger partial charge in [0.2, 0.25) is 9.70 Å². The summed E-state index contributed by atoms with van der Waals surface area (Å²) in [4.78, 5) is 40.0. The van der Waals surface area contributed by atoms with Crippen molar-refractivity contribution in [3.8, 4) is 0 Å². The molecule has 37 heavy (non-hydrogen) atoms. The number of rotatable bonds is 6. The van der Waals surface area contributed by atoms with E-state index in [0.717, 1.165) is 0 Å². The Balaban J connectivity index is 1.69. The molecular weight excluding hydrogens is 618 g/mol. The van der Waals surface area contributed by atoms with Crippen molar-refractivity contribution in [2.75, 3.05) is 42.5 Å². The minimum Gasteiger partial charge on any atom is -0.442 e. The smallest absolute Gasteiger partial charge is 0.414 e. The molecule has 2 heterocycles. The minimum absolute atomic E-state index is 0.0523. The highest BCUT2D eigenvalue weighted by Crippen LogP contribution is 2.39. The van der Waals surface area contributed by atoms with E-state index in [-0.39, 0.29) is 32.1 Å². The number of piperazine rings is 1. The number of nitrogens with one attached hydrogen (secondary N) is 2. The van der Waals surface area contributed by atoms with E-state index in [1.165, 1.54) is 23.6 Å². The molecule has 0 aliphatic carbocycles. The Morgan fingerprint density at radius 2 is 1.73 bits per heavy atom. The van der Waals surface area contributed by atoms with Crippen LogP contribution in [0.25, 0.3) is 0 Å². The van der Waals surface area contributed by atoms with E-state index < -0.39 is 37.6 Å². The van der Waals surface area contributed by atoms with Crippen molar-refractivity contribution in [3.63, 3.8) is 0 Å². The third kappa shape index (κ3) is 7.71. The number of benzene rings is 1. The maximum atomic E-state index is 15.9. The van der Waals surface area contributed by atoms with Crippen LogP contribution in [0.15, 0.2) is 24.3 Å². The van der Waals surface area contributed by atoms with Crippen molar-refractivity contribution in [1.82, 2.24) is 15.5 Å². The molecule has 2 aliphatic heterocycles. The van der Waals surface area contributed by atoms with E-state index in [0.29, 0.717) is 17.9 Å². The van der Waals surface area contributed by atoms with Crippen molar-refractivity contribution >= 4 is 98.9 Å². The van der Waals surface area contributed by atoms with Gasteiger partial charge < -0.3 is 20.3 Å². The molecule has 3 amide bonds. The Morgan fingerprint density at radius 3 is 2.24 bits per heavy atom. The van der Waals surface area contributed by atoms with Gasteiger partial charge in [0.15, 0.2) is 5.79 Å². The monoisotopic (exact) mass is 639 g/mol. The summed E-state index contributed by atoms with van der Waals surface area (Å²) < 4.78 is 16.7. The van der Waals surface area contributed by atoms with E-state index in [4.69, 9.17) is 74.3 Å². The number of amides is 3. The van der Waals surface area contributed by atoms with Gasteiger partial charge in [-0.05, 0) is 31.2 Å². The first-order chi connectivity index (χ1) is 17.0. The van der Waals surface area contributed by atoms with E-state index in [1.807, 2.05) is 0 Å². The number of alkyl halides is 7. The number of nitrogens with zero attached hydrogens (tertiary/aromatic N) is 3. The van der Waals surface area contributed by atoms with Gasteiger partial charge in [0.05, 0.1) is 19.6 Å². The van der Waals surface area contributed by atoms with Crippen molar-refractivity contribution in [3.05, 3.63) is 24.3 Å². The lowest BCUT2D eigenvalue weighted by Crippen LogP contribution is -2.68. The van der Waals surface area contributed by atoms with Crippen molar-refractivity contribution < 1.29 is 23.5 Å². The van der Waals surface area contributed by atoms with Gasteiger partial charge in [-0.15, -0.1) is 0 Å². The van der Waals surface area contributed by atoms with Gasteiger partial charge in [-0.25, -0.2) is 14.1 Å². The van der Waals surface area contributed by atoms with E-state index in [9.17, 15) is 14.4 Å². The summed E-state index contributed by atoms with van der Waals surface area (Å²) >= 11 is 35.0. The highest BCUT2D eigenvalue weighted by atomic mass is 35.6. The average Bonchev–Trinajstić information content (AvgIpc) is 3.15. The van der Waals surface area contributed by atoms with Crippen molar-refractivity contribution in [1.29, 1.82) is 0 Å². The van der Waals surface area contributed by atoms with Gasteiger partial charge in [-0.2, -0.15) is 0 Å². The number of cyclic esters (lactones) is 1. The summed E-state index contributed by atoms with van der Waals surface area (Å²) in [6, 6.07) is 6.91. The summed E-state index contributed by atoms with van der Waals surface area (Å²) in [6.45, 7) is 3.38. The maximum Gasteiger partial charge on any atom is 0.414 e. The minimum atomic E-state index is -2.34. The molecule has 0 saturated carbocycles. The van der Waals surface area contributed by atoms with Gasteiger partial charge in [-0.1, -0.05) is 69.6 Å².